The summed E-state index contributed by atoms with van der Waals surface area (Å²) in [4.78, 5) is 11.6. The van der Waals surface area contributed by atoms with Gasteiger partial charge in [0.1, 0.15) is 11.9 Å². The van der Waals surface area contributed by atoms with E-state index in [0.29, 0.717) is 0 Å². The first-order chi connectivity index (χ1) is 12.1. The number of benzene rings is 2. The molecule has 0 amide bonds. The highest BCUT2D eigenvalue weighted by molar-refractivity contribution is 5.79. The molecule has 2 unspecified atom stereocenters. The van der Waals surface area contributed by atoms with Gasteiger partial charge in [-0.15, -0.1) is 0 Å². The molecule has 25 heavy (non-hydrogen) atoms. The molecule has 0 heterocycles. The van der Waals surface area contributed by atoms with E-state index in [1.54, 1.807) is 0 Å². The van der Waals surface area contributed by atoms with Crippen molar-refractivity contribution in [1.82, 2.24) is 0 Å². The van der Waals surface area contributed by atoms with Crippen molar-refractivity contribution in [3.8, 4) is 5.75 Å². The second-order valence-electron chi connectivity index (χ2n) is 7.88. The number of carboxylic acids is 1. The van der Waals surface area contributed by atoms with Gasteiger partial charge in [-0.25, -0.2) is 0 Å². The molecule has 2 aromatic rings. The molecule has 3 nitrogen and oxygen atoms in total. The van der Waals surface area contributed by atoms with Gasteiger partial charge in [-0.1, -0.05) is 37.3 Å². The van der Waals surface area contributed by atoms with Crippen LogP contribution in [-0.4, -0.2) is 17.2 Å². The number of hydrogen-bond donors (Lipinski definition) is 1. The fourth-order valence-corrected chi connectivity index (χ4v) is 5.41. The average Bonchev–Trinajstić information content (AvgIpc) is 2.89. The van der Waals surface area contributed by atoms with Crippen LogP contribution in [-0.2, 0) is 29.5 Å². The van der Waals surface area contributed by atoms with Gasteiger partial charge in [0, 0.05) is 18.3 Å². The molecule has 1 N–H and O–H groups in total. The van der Waals surface area contributed by atoms with Crippen molar-refractivity contribution in [2.24, 2.45) is 11.8 Å². The zero-order valence-electron chi connectivity index (χ0n) is 14.4. The van der Waals surface area contributed by atoms with Crippen LogP contribution in [0.15, 0.2) is 42.5 Å². The van der Waals surface area contributed by atoms with E-state index in [-0.39, 0.29) is 23.4 Å². The van der Waals surface area contributed by atoms with E-state index in [2.05, 4.69) is 49.4 Å². The lowest BCUT2D eigenvalue weighted by atomic mass is 9.93. The minimum Gasteiger partial charge on any atom is -0.490 e. The molecule has 3 aliphatic carbocycles. The van der Waals surface area contributed by atoms with Crippen LogP contribution in [0.2, 0.25) is 0 Å². The number of hydrogen-bond acceptors (Lipinski definition) is 2. The first-order valence-electron chi connectivity index (χ1n) is 9.19. The van der Waals surface area contributed by atoms with Crippen molar-refractivity contribution in [1.29, 1.82) is 0 Å². The third-order valence-electron chi connectivity index (χ3n) is 6.73. The molecular weight excluding hydrogens is 312 g/mol. The van der Waals surface area contributed by atoms with Crippen LogP contribution in [0.3, 0.4) is 0 Å². The summed E-state index contributed by atoms with van der Waals surface area (Å²) in [6.07, 6.45) is 4.02. The third kappa shape index (κ3) is 2.08. The molecule has 0 radical (unpaired) electrons. The Morgan fingerprint density at radius 2 is 1.84 bits per heavy atom. The van der Waals surface area contributed by atoms with E-state index in [9.17, 15) is 9.90 Å². The minimum absolute atomic E-state index is 0.154. The van der Waals surface area contributed by atoms with Gasteiger partial charge >= 0.3 is 5.97 Å². The Morgan fingerprint density at radius 1 is 1.12 bits per heavy atom. The lowest BCUT2D eigenvalue weighted by molar-refractivity contribution is -0.139. The van der Waals surface area contributed by atoms with E-state index >= 15 is 0 Å². The molecule has 0 saturated heterocycles. The average molecular weight is 334 g/mol. The molecule has 1 spiro atoms. The van der Waals surface area contributed by atoms with Gasteiger partial charge in [-0.3, -0.25) is 4.79 Å². The summed E-state index contributed by atoms with van der Waals surface area (Å²) < 4.78 is 6.29. The summed E-state index contributed by atoms with van der Waals surface area (Å²) in [6.45, 7) is 2.08. The molecular formula is C22H22O3. The Balaban J connectivity index is 1.40. The topological polar surface area (TPSA) is 46.5 Å². The molecule has 1 saturated carbocycles. The van der Waals surface area contributed by atoms with Gasteiger partial charge in [-0.2, -0.15) is 0 Å². The van der Waals surface area contributed by atoms with E-state index in [4.69, 9.17) is 4.74 Å². The predicted molar refractivity (Wildman–Crippen MR) is 95.0 cm³/mol. The van der Waals surface area contributed by atoms with Gasteiger partial charge in [0.25, 0.3) is 0 Å². The van der Waals surface area contributed by atoms with Crippen LogP contribution in [0.5, 0.6) is 5.75 Å². The Hall–Kier alpha value is -2.29. The highest BCUT2D eigenvalue weighted by Gasteiger charge is 2.68. The maximum Gasteiger partial charge on any atom is 0.307 e. The van der Waals surface area contributed by atoms with Gasteiger partial charge in [0.2, 0.25) is 0 Å². The van der Waals surface area contributed by atoms with E-state index in [0.717, 1.165) is 31.4 Å². The van der Waals surface area contributed by atoms with Crippen LogP contribution < -0.4 is 4.74 Å². The smallest absolute Gasteiger partial charge is 0.307 e. The number of rotatable bonds is 3. The maximum absolute atomic E-state index is 11.6. The van der Waals surface area contributed by atoms with E-state index < -0.39 is 5.97 Å². The second kappa shape index (κ2) is 5.10. The number of aliphatic carboxylic acids is 1. The summed E-state index contributed by atoms with van der Waals surface area (Å²) >= 11 is 0. The second-order valence-corrected chi connectivity index (χ2v) is 7.88. The molecule has 0 bridgehead atoms. The number of carbonyl (C=O) groups is 1. The molecule has 3 atom stereocenters. The fourth-order valence-electron chi connectivity index (χ4n) is 5.41. The maximum atomic E-state index is 11.6. The molecule has 3 heteroatoms. The zero-order valence-corrected chi connectivity index (χ0v) is 14.4. The van der Waals surface area contributed by atoms with Crippen molar-refractivity contribution < 1.29 is 14.6 Å². The summed E-state index contributed by atoms with van der Waals surface area (Å²) in [7, 11) is 0. The summed E-state index contributed by atoms with van der Waals surface area (Å²) in [5.74, 6) is 0.218. The van der Waals surface area contributed by atoms with Crippen molar-refractivity contribution in [2.45, 2.75) is 44.1 Å². The lowest BCUT2D eigenvalue weighted by Gasteiger charge is -2.16. The van der Waals surface area contributed by atoms with Crippen LogP contribution in [0.25, 0.3) is 0 Å². The largest absolute Gasteiger partial charge is 0.490 e. The molecule has 5 rings (SSSR count). The highest BCUT2D eigenvalue weighted by Crippen LogP contribution is 2.66. The molecule has 0 aromatic heterocycles. The standard InChI is InChI=1S/C22H22O3/c1-13-20(21(23)24)22(13)9-8-14-6-7-17(12-19(14)22)25-18-10-15-4-2-3-5-16(15)11-18/h2-7,12-13,18,20H,8-11H2,1H3,(H,23,24)/t13-,20?,22?/m0/s1. The first-order valence-corrected chi connectivity index (χ1v) is 9.19. The van der Waals surface area contributed by atoms with Gasteiger partial charge in [0.15, 0.2) is 0 Å². The quantitative estimate of drug-likeness (QED) is 0.929. The summed E-state index contributed by atoms with van der Waals surface area (Å²) in [6, 6.07) is 14.9. The Morgan fingerprint density at radius 3 is 2.48 bits per heavy atom. The number of carboxylic acid groups (broad SMARTS) is 1. The predicted octanol–water partition coefficient (Wildman–Crippen LogP) is 3.77. The molecule has 0 aliphatic heterocycles. The fraction of sp³-hybridized carbons (Fsp3) is 0.409. The highest BCUT2D eigenvalue weighted by atomic mass is 16.5. The number of fused-ring (bicyclic) bond motifs is 3. The molecule has 128 valence electrons. The van der Waals surface area contributed by atoms with Gasteiger partial charge < -0.3 is 9.84 Å². The van der Waals surface area contributed by atoms with Crippen LogP contribution in [0.4, 0.5) is 0 Å². The monoisotopic (exact) mass is 334 g/mol. The van der Waals surface area contributed by atoms with Crippen LogP contribution in [0, 0.1) is 11.8 Å². The number of ether oxygens (including phenoxy) is 1. The number of aryl methyl sites for hydroxylation is 1. The summed E-state index contributed by atoms with van der Waals surface area (Å²) in [5, 5.41) is 9.54. The molecule has 3 aliphatic rings. The lowest BCUT2D eigenvalue weighted by Crippen LogP contribution is -2.17. The molecule has 2 aromatic carbocycles. The first kappa shape index (κ1) is 15.0. The minimum atomic E-state index is -0.655. The Kier molecular flexibility index (Phi) is 3.06. The van der Waals surface area contributed by atoms with E-state index in [1.807, 2.05) is 0 Å². The zero-order chi connectivity index (χ0) is 17.2. The summed E-state index contributed by atoms with van der Waals surface area (Å²) in [5.41, 5.74) is 5.14. The van der Waals surface area contributed by atoms with Crippen LogP contribution in [0.1, 0.15) is 35.6 Å². The van der Waals surface area contributed by atoms with Crippen molar-refractivity contribution >= 4 is 5.97 Å². The van der Waals surface area contributed by atoms with Gasteiger partial charge in [-0.05, 0) is 53.1 Å². The van der Waals surface area contributed by atoms with Crippen molar-refractivity contribution in [2.75, 3.05) is 0 Å². The SMILES string of the molecule is C[C@H]1C(C(=O)O)C12CCc1ccc(OC3Cc4ccccc4C3)cc12. The van der Waals surface area contributed by atoms with Crippen molar-refractivity contribution in [3.05, 3.63) is 64.7 Å². The van der Waals surface area contributed by atoms with E-state index in [1.165, 1.54) is 22.3 Å². The third-order valence-corrected chi connectivity index (χ3v) is 6.73. The van der Waals surface area contributed by atoms with Gasteiger partial charge in [0.05, 0.1) is 5.92 Å². The van der Waals surface area contributed by atoms with Crippen LogP contribution >= 0.6 is 0 Å². The normalized spacial score (nSPS) is 29.5. The Bertz CT molecular complexity index is 846. The van der Waals surface area contributed by atoms with Crippen molar-refractivity contribution in [3.63, 3.8) is 0 Å². The molecule has 1 fully saturated rings. The Labute approximate surface area is 147 Å².